The maximum absolute atomic E-state index is 10.5. The van der Waals surface area contributed by atoms with Gasteiger partial charge < -0.3 is 0 Å². The van der Waals surface area contributed by atoms with Crippen LogP contribution in [0.1, 0.15) is 18.1 Å². The van der Waals surface area contributed by atoms with Crippen LogP contribution in [0.3, 0.4) is 0 Å². The fourth-order valence-corrected chi connectivity index (χ4v) is 4.32. The van der Waals surface area contributed by atoms with Crippen LogP contribution in [0, 0.1) is 6.92 Å². The van der Waals surface area contributed by atoms with E-state index in [1.54, 1.807) is 12.1 Å². The molecule has 0 fully saturated rings. The Morgan fingerprint density at radius 3 is 1.78 bits per heavy atom. The van der Waals surface area contributed by atoms with Crippen LogP contribution < -0.4 is 0 Å². The molecule has 4 rings (SSSR count). The quantitative estimate of drug-likeness (QED) is 0.251. The van der Waals surface area contributed by atoms with Crippen LogP contribution >= 0.6 is 12.6 Å². The van der Waals surface area contributed by atoms with E-state index in [4.69, 9.17) is 4.55 Å². The Labute approximate surface area is 195 Å². The minimum atomic E-state index is -4.02. The Balaban J connectivity index is 0.000000222. The van der Waals surface area contributed by atoms with Crippen LogP contribution in [-0.2, 0) is 16.5 Å². The van der Waals surface area contributed by atoms with Gasteiger partial charge in [-0.2, -0.15) is 8.42 Å². The summed E-state index contributed by atoms with van der Waals surface area (Å²) in [7, 11) is -4.02. The normalized spacial score (nSPS) is 10.9. The van der Waals surface area contributed by atoms with E-state index in [-0.39, 0.29) is 4.90 Å². The predicted molar refractivity (Wildman–Crippen MR) is 135 cm³/mol. The minimum Gasteiger partial charge on any atom is -0.282 e. The van der Waals surface area contributed by atoms with Crippen molar-refractivity contribution in [3.05, 3.63) is 108 Å². The number of hydrogen-bond donors (Lipinski definition) is 2. The topological polar surface area (TPSA) is 54.4 Å². The molecule has 4 aromatic rings. The molecule has 0 atom stereocenters. The molecule has 164 valence electrons. The van der Waals surface area contributed by atoms with Gasteiger partial charge in [-0.3, -0.25) is 4.55 Å². The summed E-state index contributed by atoms with van der Waals surface area (Å²) in [6.07, 6.45) is 0.976. The van der Waals surface area contributed by atoms with E-state index in [9.17, 15) is 8.42 Å². The maximum atomic E-state index is 10.5. The van der Waals surface area contributed by atoms with Crippen molar-refractivity contribution in [2.45, 2.75) is 30.1 Å². The van der Waals surface area contributed by atoms with E-state index in [1.807, 2.05) is 6.92 Å². The number of hydrogen-bond acceptors (Lipinski definition) is 3. The highest BCUT2D eigenvalue weighted by molar-refractivity contribution is 7.85. The van der Waals surface area contributed by atoms with Crippen LogP contribution in [0.15, 0.2) is 107 Å². The summed E-state index contributed by atoms with van der Waals surface area (Å²) in [5, 5.41) is 0. The summed E-state index contributed by atoms with van der Waals surface area (Å²) in [5.41, 5.74) is 7.35. The predicted octanol–water partition coefficient (Wildman–Crippen LogP) is 7.11. The van der Waals surface area contributed by atoms with Gasteiger partial charge in [0.1, 0.15) is 0 Å². The first-order valence-electron chi connectivity index (χ1n) is 10.3. The average molecular weight is 463 g/mol. The Morgan fingerprint density at radius 2 is 1.28 bits per heavy atom. The molecular weight excluding hydrogens is 436 g/mol. The largest absolute Gasteiger partial charge is 0.294 e. The molecule has 0 heterocycles. The lowest BCUT2D eigenvalue weighted by atomic mass is 9.89. The van der Waals surface area contributed by atoms with Crippen molar-refractivity contribution in [2.75, 3.05) is 0 Å². The van der Waals surface area contributed by atoms with Gasteiger partial charge in [-0.15, -0.1) is 12.6 Å². The monoisotopic (exact) mass is 462 g/mol. The molecule has 0 aliphatic carbocycles. The van der Waals surface area contributed by atoms with E-state index in [2.05, 4.69) is 92.3 Å². The van der Waals surface area contributed by atoms with Gasteiger partial charge in [-0.05, 0) is 59.4 Å². The van der Waals surface area contributed by atoms with E-state index >= 15 is 0 Å². The summed E-state index contributed by atoms with van der Waals surface area (Å²) >= 11 is 4.66. The number of benzene rings is 4. The van der Waals surface area contributed by atoms with Crippen LogP contribution in [-0.4, -0.2) is 13.0 Å². The zero-order valence-electron chi connectivity index (χ0n) is 18.1. The third-order valence-electron chi connectivity index (χ3n) is 5.11. The molecule has 0 spiro atoms. The number of thiol groups is 1. The van der Waals surface area contributed by atoms with Gasteiger partial charge in [-0.25, -0.2) is 0 Å². The molecule has 0 radical (unpaired) electrons. The molecule has 0 unspecified atom stereocenters. The highest BCUT2D eigenvalue weighted by atomic mass is 32.2. The fraction of sp³-hybridized carbons (Fsp3) is 0.111. The van der Waals surface area contributed by atoms with Gasteiger partial charge in [0.05, 0.1) is 4.90 Å². The molecule has 32 heavy (non-hydrogen) atoms. The van der Waals surface area contributed by atoms with Crippen LogP contribution in [0.4, 0.5) is 0 Å². The van der Waals surface area contributed by atoms with Gasteiger partial charge in [-0.1, -0.05) is 91.3 Å². The molecule has 0 bridgehead atoms. The molecule has 1 N–H and O–H groups in total. The van der Waals surface area contributed by atoms with Crippen molar-refractivity contribution in [1.82, 2.24) is 0 Å². The standard InChI is InChI=1S/C20H18S.C7H8O3S/c1-2-17-19(21)14-13-18(15-9-5-3-6-10-15)20(17)16-11-7-4-8-12-16;1-6-2-4-7(5-3-6)11(8,9)10/h3-14,21H,2H2,1H3;2-5H,1H3,(H,8,9,10). The lowest BCUT2D eigenvalue weighted by molar-refractivity contribution is 0.483. The second-order valence-corrected chi connectivity index (χ2v) is 9.26. The molecule has 0 aromatic heterocycles. The maximum Gasteiger partial charge on any atom is 0.294 e. The Bertz CT molecular complexity index is 1270. The van der Waals surface area contributed by atoms with Crippen LogP contribution in [0.2, 0.25) is 0 Å². The highest BCUT2D eigenvalue weighted by Gasteiger charge is 2.13. The lowest BCUT2D eigenvalue weighted by Crippen LogP contribution is -1.96. The first-order chi connectivity index (χ1) is 15.3. The molecule has 0 saturated carbocycles. The van der Waals surface area contributed by atoms with Gasteiger partial charge in [0.2, 0.25) is 0 Å². The molecule has 0 saturated heterocycles. The van der Waals surface area contributed by atoms with Crippen LogP contribution in [0.5, 0.6) is 0 Å². The Morgan fingerprint density at radius 1 is 0.750 bits per heavy atom. The summed E-state index contributed by atoms with van der Waals surface area (Å²) in [6.45, 7) is 4.03. The van der Waals surface area contributed by atoms with E-state index in [0.29, 0.717) is 0 Å². The fourth-order valence-electron chi connectivity index (χ4n) is 3.50. The first-order valence-corrected chi connectivity index (χ1v) is 12.2. The Kier molecular flexibility index (Phi) is 7.91. The summed E-state index contributed by atoms with van der Waals surface area (Å²) in [4.78, 5) is 0.999. The molecule has 4 aromatic carbocycles. The third-order valence-corrected chi connectivity index (χ3v) is 6.39. The van der Waals surface area contributed by atoms with Crippen molar-refractivity contribution in [3.8, 4) is 22.3 Å². The summed E-state index contributed by atoms with van der Waals surface area (Å²) in [5.74, 6) is 0. The average Bonchev–Trinajstić information content (AvgIpc) is 2.80. The summed E-state index contributed by atoms with van der Waals surface area (Å²) < 4.78 is 29.6. The van der Waals surface area contributed by atoms with Crippen molar-refractivity contribution in [3.63, 3.8) is 0 Å². The van der Waals surface area contributed by atoms with Crippen LogP contribution in [0.25, 0.3) is 22.3 Å². The van der Waals surface area contributed by atoms with Gasteiger partial charge in [0, 0.05) is 4.90 Å². The SMILES string of the molecule is CCc1c(S)ccc(-c2ccccc2)c1-c1ccccc1.Cc1ccc(S(=O)(=O)O)cc1. The molecular formula is C27H26O3S2. The van der Waals surface area contributed by atoms with Gasteiger partial charge >= 0.3 is 0 Å². The zero-order valence-corrected chi connectivity index (χ0v) is 19.8. The van der Waals surface area contributed by atoms with E-state index in [0.717, 1.165) is 16.9 Å². The molecule has 0 aliphatic rings. The van der Waals surface area contributed by atoms with Gasteiger partial charge in [0.25, 0.3) is 10.1 Å². The van der Waals surface area contributed by atoms with Crippen molar-refractivity contribution < 1.29 is 13.0 Å². The molecule has 0 amide bonds. The number of rotatable bonds is 4. The summed E-state index contributed by atoms with van der Waals surface area (Å²) in [6, 6.07) is 31.4. The van der Waals surface area contributed by atoms with Gasteiger partial charge in [0.15, 0.2) is 0 Å². The second-order valence-electron chi connectivity index (χ2n) is 7.36. The van der Waals surface area contributed by atoms with Crippen molar-refractivity contribution in [1.29, 1.82) is 0 Å². The first kappa shape index (κ1) is 23.8. The minimum absolute atomic E-state index is 0.0666. The number of aryl methyl sites for hydroxylation is 1. The smallest absolute Gasteiger partial charge is 0.282 e. The van der Waals surface area contributed by atoms with Crippen molar-refractivity contribution in [2.24, 2.45) is 0 Å². The zero-order chi connectivity index (χ0) is 23.1. The van der Waals surface area contributed by atoms with Crippen molar-refractivity contribution >= 4 is 22.7 Å². The molecule has 0 aliphatic heterocycles. The molecule has 5 heteroatoms. The second kappa shape index (κ2) is 10.6. The molecule has 3 nitrogen and oxygen atoms in total. The lowest BCUT2D eigenvalue weighted by Gasteiger charge is -2.17. The van der Waals surface area contributed by atoms with E-state index in [1.165, 1.54) is 39.9 Å². The Hall–Kier alpha value is -2.86. The third kappa shape index (κ3) is 5.88. The highest BCUT2D eigenvalue weighted by Crippen LogP contribution is 2.38. The van der Waals surface area contributed by atoms with E-state index < -0.39 is 10.1 Å².